The number of benzene rings is 3. The highest BCUT2D eigenvalue weighted by molar-refractivity contribution is 7.92. The van der Waals surface area contributed by atoms with Gasteiger partial charge in [-0.05, 0) is 48.0 Å². The van der Waals surface area contributed by atoms with Crippen LogP contribution >= 0.6 is 0 Å². The molecule has 0 amide bonds. The first-order chi connectivity index (χ1) is 16.9. The van der Waals surface area contributed by atoms with E-state index in [1.807, 2.05) is 12.1 Å². The van der Waals surface area contributed by atoms with Crippen LogP contribution in [0.4, 0.5) is 5.82 Å². The molecule has 176 valence electrons. The number of rotatable bonds is 6. The summed E-state index contributed by atoms with van der Waals surface area (Å²) in [7, 11) is -0.915. The molecular weight excluding hydrogens is 466 g/mol. The van der Waals surface area contributed by atoms with E-state index >= 15 is 0 Å². The van der Waals surface area contributed by atoms with Crippen LogP contribution in [-0.2, 0) is 9.84 Å². The SMILES string of the molecule is COc1ccc(/C=N/n2c(N)c(S(=O)(=O)c3ccccc3)c3nc4ccccc4nc32)cc1OC. The molecule has 35 heavy (non-hydrogen) atoms. The van der Waals surface area contributed by atoms with E-state index in [4.69, 9.17) is 15.2 Å². The monoisotopic (exact) mass is 487 g/mol. The van der Waals surface area contributed by atoms with Crippen molar-refractivity contribution < 1.29 is 17.9 Å². The predicted octanol–water partition coefficient (Wildman–Crippen LogP) is 3.90. The lowest BCUT2D eigenvalue weighted by atomic mass is 10.2. The molecule has 5 aromatic rings. The number of fused-ring (bicyclic) bond motifs is 2. The Morgan fingerprint density at radius 2 is 1.54 bits per heavy atom. The maximum absolute atomic E-state index is 13.6. The van der Waals surface area contributed by atoms with Crippen molar-refractivity contribution in [3.63, 3.8) is 0 Å². The Labute approximate surface area is 201 Å². The number of nitrogen functional groups attached to an aromatic ring is 1. The summed E-state index contributed by atoms with van der Waals surface area (Å²) in [6, 6.07) is 20.5. The quantitative estimate of drug-likeness (QED) is 0.361. The molecule has 2 aromatic heterocycles. The van der Waals surface area contributed by atoms with Crippen molar-refractivity contribution >= 4 is 44.1 Å². The van der Waals surface area contributed by atoms with Gasteiger partial charge in [-0.3, -0.25) is 0 Å². The molecule has 0 saturated heterocycles. The molecule has 2 N–H and O–H groups in total. The van der Waals surface area contributed by atoms with E-state index in [-0.39, 0.29) is 26.8 Å². The number of para-hydroxylation sites is 2. The van der Waals surface area contributed by atoms with E-state index in [0.29, 0.717) is 28.1 Å². The van der Waals surface area contributed by atoms with Gasteiger partial charge in [0.15, 0.2) is 17.1 Å². The van der Waals surface area contributed by atoms with Gasteiger partial charge in [0.1, 0.15) is 16.2 Å². The van der Waals surface area contributed by atoms with Crippen LogP contribution in [-0.4, -0.2) is 43.5 Å². The Bertz CT molecular complexity index is 1700. The number of aromatic nitrogens is 3. The fraction of sp³-hybridized carbons (Fsp3) is 0.0800. The molecule has 0 aliphatic heterocycles. The first-order valence-corrected chi connectivity index (χ1v) is 12.1. The Hall–Kier alpha value is -4.44. The van der Waals surface area contributed by atoms with Crippen molar-refractivity contribution in [2.45, 2.75) is 9.79 Å². The van der Waals surface area contributed by atoms with Crippen LogP contribution in [0.1, 0.15) is 5.56 Å². The number of sulfone groups is 1. The van der Waals surface area contributed by atoms with Crippen molar-refractivity contribution in [3.8, 4) is 11.5 Å². The van der Waals surface area contributed by atoms with E-state index in [9.17, 15) is 8.42 Å². The molecule has 0 radical (unpaired) electrons. The van der Waals surface area contributed by atoms with Crippen LogP contribution in [0.15, 0.2) is 87.7 Å². The molecule has 2 heterocycles. The summed E-state index contributed by atoms with van der Waals surface area (Å²) in [4.78, 5) is 9.20. The normalized spacial score (nSPS) is 11.9. The van der Waals surface area contributed by atoms with E-state index in [2.05, 4.69) is 15.1 Å². The highest BCUT2D eigenvalue weighted by Crippen LogP contribution is 2.35. The molecule has 5 rings (SSSR count). The van der Waals surface area contributed by atoms with Gasteiger partial charge in [-0.2, -0.15) is 9.78 Å². The summed E-state index contributed by atoms with van der Waals surface area (Å²) in [6.07, 6.45) is 1.54. The Kier molecular flexibility index (Phi) is 5.58. The number of anilines is 1. The minimum atomic E-state index is -4.01. The van der Waals surface area contributed by atoms with Gasteiger partial charge in [-0.1, -0.05) is 30.3 Å². The number of ether oxygens (including phenoxy) is 2. The summed E-state index contributed by atoms with van der Waals surface area (Å²) in [6.45, 7) is 0. The second-order valence-corrected chi connectivity index (χ2v) is 9.47. The molecule has 0 unspecified atom stereocenters. The summed E-state index contributed by atoms with van der Waals surface area (Å²) < 4.78 is 39.1. The van der Waals surface area contributed by atoms with Crippen LogP contribution in [0.5, 0.6) is 11.5 Å². The number of methoxy groups -OCH3 is 2. The van der Waals surface area contributed by atoms with Gasteiger partial charge in [0, 0.05) is 0 Å². The Morgan fingerprint density at radius 3 is 2.23 bits per heavy atom. The minimum Gasteiger partial charge on any atom is -0.493 e. The standard InChI is InChI=1S/C25H21N5O4S/c1-33-20-13-12-16(14-21(20)34-2)15-27-30-24(26)23(35(31,32)17-8-4-3-5-9-17)22-25(30)29-19-11-7-6-10-18(19)28-22/h3-15H,26H2,1-2H3/b27-15+. The van der Waals surface area contributed by atoms with Crippen molar-refractivity contribution in [2.24, 2.45) is 5.10 Å². The van der Waals surface area contributed by atoms with Gasteiger partial charge in [0.2, 0.25) is 9.84 Å². The third kappa shape index (κ3) is 3.83. The maximum atomic E-state index is 13.6. The zero-order valence-electron chi connectivity index (χ0n) is 18.9. The molecule has 0 fully saturated rings. The molecule has 9 nitrogen and oxygen atoms in total. The molecule has 0 bridgehead atoms. The summed E-state index contributed by atoms with van der Waals surface area (Å²) in [5, 5.41) is 4.47. The molecule has 0 saturated carbocycles. The third-order valence-corrected chi connectivity index (χ3v) is 7.31. The van der Waals surface area contributed by atoms with Gasteiger partial charge in [0.25, 0.3) is 0 Å². The van der Waals surface area contributed by atoms with E-state index < -0.39 is 9.84 Å². The Balaban J connectivity index is 1.75. The molecule has 10 heteroatoms. The third-order valence-electron chi connectivity index (χ3n) is 5.48. The summed E-state index contributed by atoms with van der Waals surface area (Å²) >= 11 is 0. The largest absolute Gasteiger partial charge is 0.493 e. The zero-order chi connectivity index (χ0) is 24.6. The topological polar surface area (TPSA) is 122 Å². The lowest BCUT2D eigenvalue weighted by molar-refractivity contribution is 0.355. The lowest BCUT2D eigenvalue weighted by Crippen LogP contribution is -2.06. The maximum Gasteiger partial charge on any atom is 0.212 e. The first kappa shape index (κ1) is 22.4. The average molecular weight is 488 g/mol. The van der Waals surface area contributed by atoms with Crippen LogP contribution in [0.25, 0.3) is 22.2 Å². The number of hydrogen-bond donors (Lipinski definition) is 1. The number of nitrogens with two attached hydrogens (primary N) is 1. The molecule has 0 aliphatic rings. The van der Waals surface area contributed by atoms with Gasteiger partial charge >= 0.3 is 0 Å². The van der Waals surface area contributed by atoms with E-state index in [0.717, 1.165) is 0 Å². The lowest BCUT2D eigenvalue weighted by Gasteiger charge is -2.07. The van der Waals surface area contributed by atoms with Gasteiger partial charge in [-0.25, -0.2) is 18.4 Å². The highest BCUT2D eigenvalue weighted by Gasteiger charge is 2.30. The second-order valence-electron chi connectivity index (χ2n) is 7.59. The van der Waals surface area contributed by atoms with Crippen LogP contribution in [0.2, 0.25) is 0 Å². The highest BCUT2D eigenvalue weighted by atomic mass is 32.2. The first-order valence-electron chi connectivity index (χ1n) is 10.6. The average Bonchev–Trinajstić information content (AvgIpc) is 3.16. The van der Waals surface area contributed by atoms with Crippen molar-refractivity contribution in [1.82, 2.24) is 14.6 Å². The Morgan fingerprint density at radius 1 is 0.886 bits per heavy atom. The molecule has 0 spiro atoms. The fourth-order valence-electron chi connectivity index (χ4n) is 3.78. The predicted molar refractivity (Wildman–Crippen MR) is 134 cm³/mol. The van der Waals surface area contributed by atoms with Crippen molar-refractivity contribution in [1.29, 1.82) is 0 Å². The number of hydrogen-bond acceptors (Lipinski definition) is 8. The fourth-order valence-corrected chi connectivity index (χ4v) is 5.28. The van der Waals surface area contributed by atoms with Gasteiger partial charge in [0.05, 0.1) is 36.4 Å². The van der Waals surface area contributed by atoms with Crippen LogP contribution in [0, 0.1) is 0 Å². The van der Waals surface area contributed by atoms with Crippen molar-refractivity contribution in [2.75, 3.05) is 20.0 Å². The summed E-state index contributed by atoms with van der Waals surface area (Å²) in [5.41, 5.74) is 8.61. The minimum absolute atomic E-state index is 0.0871. The van der Waals surface area contributed by atoms with Crippen LogP contribution in [0.3, 0.4) is 0 Å². The van der Waals surface area contributed by atoms with Crippen LogP contribution < -0.4 is 15.2 Å². The van der Waals surface area contributed by atoms with Gasteiger partial charge < -0.3 is 15.2 Å². The van der Waals surface area contributed by atoms with E-state index in [1.165, 1.54) is 30.1 Å². The molecule has 0 atom stereocenters. The number of nitrogens with zero attached hydrogens (tertiary/aromatic N) is 4. The van der Waals surface area contributed by atoms with E-state index in [1.54, 1.807) is 55.6 Å². The molecule has 0 aliphatic carbocycles. The second kappa shape index (κ2) is 8.73. The smallest absolute Gasteiger partial charge is 0.212 e. The molecule has 3 aromatic carbocycles. The summed E-state index contributed by atoms with van der Waals surface area (Å²) in [5.74, 6) is 1.01. The molecular formula is C25H21N5O4S. The zero-order valence-corrected chi connectivity index (χ0v) is 19.7. The van der Waals surface area contributed by atoms with Gasteiger partial charge in [-0.15, -0.1) is 0 Å². The van der Waals surface area contributed by atoms with Crippen molar-refractivity contribution in [3.05, 3.63) is 78.4 Å².